The molecule has 1 fully saturated rings. The minimum absolute atomic E-state index is 0.333. The smallest absolute Gasteiger partial charge is 0.322 e. The standard InChI is InChI=1S/C13H23N5O/c1-9-4-6-10(7-5-9)8-15-12-16-11(14-2)17-13(18-12)19-3/h9-10H,4-8H2,1-3H3,(H2,14,15,16,17,18). The van der Waals surface area contributed by atoms with Crippen molar-refractivity contribution in [1.82, 2.24) is 15.0 Å². The van der Waals surface area contributed by atoms with Crippen molar-refractivity contribution in [2.45, 2.75) is 32.6 Å². The van der Waals surface area contributed by atoms with Crippen molar-refractivity contribution < 1.29 is 4.74 Å². The Morgan fingerprint density at radius 3 is 2.42 bits per heavy atom. The van der Waals surface area contributed by atoms with Crippen molar-refractivity contribution in [3.63, 3.8) is 0 Å². The predicted molar refractivity (Wildman–Crippen MR) is 75.5 cm³/mol. The molecule has 6 nitrogen and oxygen atoms in total. The summed E-state index contributed by atoms with van der Waals surface area (Å²) in [6.07, 6.45) is 5.23. The van der Waals surface area contributed by atoms with E-state index in [9.17, 15) is 0 Å². The van der Waals surface area contributed by atoms with E-state index in [2.05, 4.69) is 32.5 Å². The van der Waals surface area contributed by atoms with Gasteiger partial charge in [-0.3, -0.25) is 0 Å². The largest absolute Gasteiger partial charge is 0.467 e. The van der Waals surface area contributed by atoms with Crippen LogP contribution in [-0.2, 0) is 0 Å². The summed E-state index contributed by atoms with van der Waals surface area (Å²) in [7, 11) is 3.34. The molecule has 106 valence electrons. The molecule has 1 aliphatic rings. The molecule has 0 unspecified atom stereocenters. The Labute approximate surface area is 114 Å². The number of hydrogen-bond acceptors (Lipinski definition) is 6. The predicted octanol–water partition coefficient (Wildman–Crippen LogP) is 2.16. The minimum Gasteiger partial charge on any atom is -0.467 e. The molecule has 1 heterocycles. The van der Waals surface area contributed by atoms with Gasteiger partial charge in [0.25, 0.3) is 0 Å². The fourth-order valence-corrected chi connectivity index (χ4v) is 2.41. The second-order valence-corrected chi connectivity index (χ2v) is 5.23. The topological polar surface area (TPSA) is 72.0 Å². The lowest BCUT2D eigenvalue weighted by atomic mass is 9.83. The zero-order valence-electron chi connectivity index (χ0n) is 11.9. The lowest BCUT2D eigenvalue weighted by molar-refractivity contribution is 0.300. The minimum atomic E-state index is 0.333. The van der Waals surface area contributed by atoms with Crippen molar-refractivity contribution in [3.05, 3.63) is 0 Å². The van der Waals surface area contributed by atoms with Crippen LogP contribution in [0.25, 0.3) is 0 Å². The third-order valence-electron chi connectivity index (χ3n) is 3.71. The molecule has 0 aliphatic heterocycles. The van der Waals surface area contributed by atoms with Gasteiger partial charge in [-0.05, 0) is 24.7 Å². The first-order chi connectivity index (χ1) is 9.21. The van der Waals surface area contributed by atoms with Gasteiger partial charge in [-0.25, -0.2) is 0 Å². The molecule has 0 bridgehead atoms. The summed E-state index contributed by atoms with van der Waals surface area (Å²) in [5.74, 6) is 2.70. The van der Waals surface area contributed by atoms with Crippen LogP contribution >= 0.6 is 0 Å². The molecule has 1 aromatic heterocycles. The van der Waals surface area contributed by atoms with Crippen molar-refractivity contribution in [2.24, 2.45) is 11.8 Å². The Hall–Kier alpha value is -1.59. The van der Waals surface area contributed by atoms with E-state index in [1.54, 1.807) is 14.2 Å². The first kappa shape index (κ1) is 13.8. The van der Waals surface area contributed by atoms with Gasteiger partial charge in [-0.2, -0.15) is 15.0 Å². The van der Waals surface area contributed by atoms with Gasteiger partial charge in [0, 0.05) is 13.6 Å². The summed E-state index contributed by atoms with van der Waals surface area (Å²) in [4.78, 5) is 12.6. The maximum absolute atomic E-state index is 5.06. The number of methoxy groups -OCH3 is 1. The molecule has 0 atom stereocenters. The Kier molecular flexibility index (Phi) is 4.76. The summed E-state index contributed by atoms with van der Waals surface area (Å²) in [5.41, 5.74) is 0. The van der Waals surface area contributed by atoms with Crippen molar-refractivity contribution in [2.75, 3.05) is 31.3 Å². The number of anilines is 2. The molecule has 0 amide bonds. The van der Waals surface area contributed by atoms with E-state index in [0.29, 0.717) is 17.9 Å². The maximum atomic E-state index is 5.06. The van der Waals surface area contributed by atoms with E-state index in [0.717, 1.165) is 18.4 Å². The van der Waals surface area contributed by atoms with Crippen molar-refractivity contribution in [3.8, 4) is 6.01 Å². The van der Waals surface area contributed by atoms with Gasteiger partial charge in [-0.1, -0.05) is 19.8 Å². The molecular formula is C13H23N5O. The second kappa shape index (κ2) is 6.54. The fraction of sp³-hybridized carbons (Fsp3) is 0.769. The van der Waals surface area contributed by atoms with Gasteiger partial charge in [0.15, 0.2) is 0 Å². The molecule has 1 saturated carbocycles. The summed E-state index contributed by atoms with van der Waals surface area (Å²) in [6, 6.07) is 0.333. The normalized spacial score (nSPS) is 22.9. The molecule has 2 rings (SSSR count). The van der Waals surface area contributed by atoms with Gasteiger partial charge >= 0.3 is 6.01 Å². The summed E-state index contributed by atoms with van der Waals surface area (Å²) < 4.78 is 5.06. The van der Waals surface area contributed by atoms with Crippen LogP contribution in [0.4, 0.5) is 11.9 Å². The zero-order valence-corrected chi connectivity index (χ0v) is 11.9. The molecule has 0 radical (unpaired) electrons. The van der Waals surface area contributed by atoms with E-state index in [-0.39, 0.29) is 0 Å². The monoisotopic (exact) mass is 265 g/mol. The van der Waals surface area contributed by atoms with Gasteiger partial charge in [0.2, 0.25) is 11.9 Å². The van der Waals surface area contributed by atoms with Crippen LogP contribution in [0.1, 0.15) is 32.6 Å². The van der Waals surface area contributed by atoms with Gasteiger partial charge in [0.1, 0.15) is 0 Å². The number of nitrogens with one attached hydrogen (secondary N) is 2. The van der Waals surface area contributed by atoms with Crippen LogP contribution in [0.15, 0.2) is 0 Å². The van der Waals surface area contributed by atoms with E-state index >= 15 is 0 Å². The van der Waals surface area contributed by atoms with E-state index in [4.69, 9.17) is 4.74 Å². The van der Waals surface area contributed by atoms with Crippen LogP contribution in [0.2, 0.25) is 0 Å². The number of ether oxygens (including phenoxy) is 1. The van der Waals surface area contributed by atoms with Crippen LogP contribution in [0.3, 0.4) is 0 Å². The molecule has 6 heteroatoms. The molecule has 1 aromatic rings. The van der Waals surface area contributed by atoms with E-state index < -0.39 is 0 Å². The lowest BCUT2D eigenvalue weighted by Crippen LogP contribution is -2.21. The Morgan fingerprint density at radius 1 is 1.11 bits per heavy atom. The molecule has 0 spiro atoms. The SMILES string of the molecule is CNc1nc(NCC2CCC(C)CC2)nc(OC)n1. The van der Waals surface area contributed by atoms with Crippen molar-refractivity contribution >= 4 is 11.9 Å². The van der Waals surface area contributed by atoms with Crippen LogP contribution < -0.4 is 15.4 Å². The van der Waals surface area contributed by atoms with E-state index in [1.165, 1.54) is 25.7 Å². The summed E-state index contributed by atoms with van der Waals surface area (Å²) in [6.45, 7) is 3.25. The van der Waals surface area contributed by atoms with Gasteiger partial charge in [0.05, 0.1) is 7.11 Å². The number of aromatic nitrogens is 3. The quantitative estimate of drug-likeness (QED) is 0.850. The van der Waals surface area contributed by atoms with Crippen LogP contribution in [-0.4, -0.2) is 35.7 Å². The number of hydrogen-bond donors (Lipinski definition) is 2. The Morgan fingerprint density at radius 2 is 1.79 bits per heavy atom. The average molecular weight is 265 g/mol. The molecule has 1 aliphatic carbocycles. The highest BCUT2D eigenvalue weighted by atomic mass is 16.5. The highest BCUT2D eigenvalue weighted by Crippen LogP contribution is 2.28. The van der Waals surface area contributed by atoms with E-state index in [1.807, 2.05) is 0 Å². The first-order valence-electron chi connectivity index (χ1n) is 6.93. The van der Waals surface area contributed by atoms with Crippen LogP contribution in [0.5, 0.6) is 6.01 Å². The van der Waals surface area contributed by atoms with Gasteiger partial charge < -0.3 is 15.4 Å². The summed E-state index contributed by atoms with van der Waals surface area (Å²) in [5, 5.41) is 6.20. The zero-order chi connectivity index (χ0) is 13.7. The third-order valence-corrected chi connectivity index (χ3v) is 3.71. The molecule has 0 aromatic carbocycles. The summed E-state index contributed by atoms with van der Waals surface area (Å²) >= 11 is 0. The van der Waals surface area contributed by atoms with Crippen LogP contribution in [0, 0.1) is 11.8 Å². The number of rotatable bonds is 5. The maximum Gasteiger partial charge on any atom is 0.322 e. The first-order valence-corrected chi connectivity index (χ1v) is 6.93. The third kappa shape index (κ3) is 3.94. The molecular weight excluding hydrogens is 242 g/mol. The Bertz CT molecular complexity index is 382. The average Bonchev–Trinajstić information content (AvgIpc) is 2.46. The fourth-order valence-electron chi connectivity index (χ4n) is 2.41. The number of nitrogens with zero attached hydrogens (tertiary/aromatic N) is 3. The highest BCUT2D eigenvalue weighted by molar-refractivity contribution is 5.35. The second-order valence-electron chi connectivity index (χ2n) is 5.23. The lowest BCUT2D eigenvalue weighted by Gasteiger charge is -2.26. The Balaban J connectivity index is 1.91. The van der Waals surface area contributed by atoms with Crippen molar-refractivity contribution in [1.29, 1.82) is 0 Å². The highest BCUT2D eigenvalue weighted by Gasteiger charge is 2.18. The van der Waals surface area contributed by atoms with Gasteiger partial charge in [-0.15, -0.1) is 0 Å². The molecule has 2 N–H and O–H groups in total. The molecule has 0 saturated heterocycles. The molecule has 19 heavy (non-hydrogen) atoms.